The standard InChI is InChI=1S/C18H18N4O5S/c1-9(17(24)25)28-15-12-14(21(2)18(26)22(3)16(12)23)19-13(20-15)10-6-5-7-11(8-10)27-4/h5-9H,1-4H3,(H,24,25)/p-1/t9-/m1/s1. The van der Waals surface area contributed by atoms with E-state index < -0.39 is 22.5 Å². The second-order valence-electron chi connectivity index (χ2n) is 6.07. The van der Waals surface area contributed by atoms with Gasteiger partial charge >= 0.3 is 5.69 Å². The Kier molecular flexibility index (Phi) is 5.23. The predicted octanol–water partition coefficient (Wildman–Crippen LogP) is -0.0667. The number of carbonyl (C=O) groups excluding carboxylic acids is 1. The third kappa shape index (κ3) is 3.38. The van der Waals surface area contributed by atoms with Crippen molar-refractivity contribution in [3.05, 3.63) is 45.1 Å². The summed E-state index contributed by atoms with van der Waals surface area (Å²) in [4.78, 5) is 45.1. The summed E-state index contributed by atoms with van der Waals surface area (Å²) in [5.74, 6) is -0.472. The highest BCUT2D eigenvalue weighted by Crippen LogP contribution is 2.29. The number of thioether (sulfide) groups is 1. The van der Waals surface area contributed by atoms with E-state index in [4.69, 9.17) is 4.74 Å². The molecule has 0 bridgehead atoms. The molecule has 28 heavy (non-hydrogen) atoms. The Morgan fingerprint density at radius 2 is 1.93 bits per heavy atom. The van der Waals surface area contributed by atoms with Crippen LogP contribution < -0.4 is 21.1 Å². The maximum absolute atomic E-state index is 12.7. The third-order valence-electron chi connectivity index (χ3n) is 4.22. The molecule has 0 unspecified atom stereocenters. The molecule has 10 heteroatoms. The van der Waals surface area contributed by atoms with E-state index in [1.807, 2.05) is 0 Å². The lowest BCUT2D eigenvalue weighted by Gasteiger charge is -2.15. The van der Waals surface area contributed by atoms with E-state index in [9.17, 15) is 19.5 Å². The van der Waals surface area contributed by atoms with Crippen LogP contribution in [0.2, 0.25) is 0 Å². The van der Waals surface area contributed by atoms with Gasteiger partial charge in [-0.1, -0.05) is 23.9 Å². The summed E-state index contributed by atoms with van der Waals surface area (Å²) in [6.07, 6.45) is 0. The van der Waals surface area contributed by atoms with Gasteiger partial charge in [0.15, 0.2) is 11.5 Å². The van der Waals surface area contributed by atoms with Crippen molar-refractivity contribution >= 4 is 28.8 Å². The second kappa shape index (κ2) is 7.47. The molecule has 1 aromatic carbocycles. The van der Waals surface area contributed by atoms with E-state index in [-0.39, 0.29) is 21.9 Å². The van der Waals surface area contributed by atoms with Crippen molar-refractivity contribution in [3.63, 3.8) is 0 Å². The van der Waals surface area contributed by atoms with Gasteiger partial charge in [0.25, 0.3) is 5.56 Å². The molecular weight excluding hydrogens is 384 g/mol. The van der Waals surface area contributed by atoms with Crippen LogP contribution in [0.4, 0.5) is 0 Å². The van der Waals surface area contributed by atoms with Gasteiger partial charge in [-0.2, -0.15) is 0 Å². The summed E-state index contributed by atoms with van der Waals surface area (Å²) >= 11 is 0.864. The van der Waals surface area contributed by atoms with Crippen molar-refractivity contribution < 1.29 is 14.6 Å². The van der Waals surface area contributed by atoms with E-state index in [1.165, 1.54) is 32.7 Å². The molecule has 1 atom stereocenters. The first kappa shape index (κ1) is 19.6. The highest BCUT2D eigenvalue weighted by molar-refractivity contribution is 8.00. The SMILES string of the molecule is COc1cccc(-c2nc(S[C@H](C)C(=O)[O-])c3c(=O)n(C)c(=O)n(C)c3n2)c1. The van der Waals surface area contributed by atoms with Crippen LogP contribution in [0.1, 0.15) is 6.92 Å². The quantitative estimate of drug-likeness (QED) is 0.431. The Hall–Kier alpha value is -3.14. The highest BCUT2D eigenvalue weighted by Gasteiger charge is 2.20. The summed E-state index contributed by atoms with van der Waals surface area (Å²) in [5.41, 5.74) is -0.425. The number of aryl methyl sites for hydroxylation is 1. The number of hydrogen-bond acceptors (Lipinski definition) is 8. The number of rotatable bonds is 5. The second-order valence-corrected chi connectivity index (χ2v) is 7.40. The molecule has 2 heterocycles. The Balaban J connectivity index is 2.37. The monoisotopic (exact) mass is 401 g/mol. The minimum atomic E-state index is -1.29. The molecule has 0 aliphatic carbocycles. The van der Waals surface area contributed by atoms with Crippen molar-refractivity contribution in [2.24, 2.45) is 14.1 Å². The number of nitrogens with zero attached hydrogens (tertiary/aromatic N) is 4. The van der Waals surface area contributed by atoms with Gasteiger partial charge in [-0.15, -0.1) is 0 Å². The molecule has 0 spiro atoms. The molecule has 3 rings (SSSR count). The van der Waals surface area contributed by atoms with E-state index in [0.717, 1.165) is 16.3 Å². The van der Waals surface area contributed by atoms with Gasteiger partial charge < -0.3 is 14.6 Å². The molecule has 0 radical (unpaired) electrons. The van der Waals surface area contributed by atoms with E-state index in [2.05, 4.69) is 9.97 Å². The normalized spacial score (nSPS) is 12.1. The van der Waals surface area contributed by atoms with Crippen molar-refractivity contribution in [2.45, 2.75) is 17.2 Å². The first-order valence-corrected chi connectivity index (χ1v) is 9.12. The Bertz CT molecular complexity index is 1200. The Morgan fingerprint density at radius 1 is 1.21 bits per heavy atom. The van der Waals surface area contributed by atoms with Crippen molar-refractivity contribution in [2.75, 3.05) is 7.11 Å². The van der Waals surface area contributed by atoms with E-state index in [1.54, 1.807) is 24.3 Å². The summed E-state index contributed by atoms with van der Waals surface area (Å²) in [7, 11) is 4.36. The number of fused-ring (bicyclic) bond motifs is 1. The predicted molar refractivity (Wildman–Crippen MR) is 102 cm³/mol. The number of carbonyl (C=O) groups is 1. The number of carboxylic acid groups (broad SMARTS) is 1. The summed E-state index contributed by atoms with van der Waals surface area (Å²) in [6, 6.07) is 6.96. The van der Waals surface area contributed by atoms with Crippen LogP contribution in [0.5, 0.6) is 5.75 Å². The molecule has 0 N–H and O–H groups in total. The Labute approximate surface area is 163 Å². The summed E-state index contributed by atoms with van der Waals surface area (Å²) in [6.45, 7) is 1.44. The van der Waals surface area contributed by atoms with E-state index >= 15 is 0 Å². The summed E-state index contributed by atoms with van der Waals surface area (Å²) < 4.78 is 7.38. The maximum atomic E-state index is 12.7. The average Bonchev–Trinajstić information content (AvgIpc) is 2.69. The largest absolute Gasteiger partial charge is 0.549 e. The zero-order valence-corrected chi connectivity index (χ0v) is 16.4. The fraction of sp³-hybridized carbons (Fsp3) is 0.278. The lowest BCUT2D eigenvalue weighted by molar-refractivity contribution is -0.304. The number of hydrogen-bond donors (Lipinski definition) is 0. The van der Waals surface area contributed by atoms with Crippen LogP contribution in [0.3, 0.4) is 0 Å². The number of methoxy groups -OCH3 is 1. The van der Waals surface area contributed by atoms with Gasteiger partial charge in [-0.05, 0) is 19.1 Å². The Morgan fingerprint density at radius 3 is 2.57 bits per heavy atom. The molecule has 0 fully saturated rings. The zero-order chi connectivity index (χ0) is 20.6. The van der Waals surface area contributed by atoms with Crippen LogP contribution in [-0.4, -0.2) is 37.4 Å². The molecule has 2 aromatic heterocycles. The first-order valence-electron chi connectivity index (χ1n) is 8.24. The zero-order valence-electron chi connectivity index (χ0n) is 15.6. The molecule has 146 valence electrons. The van der Waals surface area contributed by atoms with Gasteiger partial charge in [-0.25, -0.2) is 14.8 Å². The maximum Gasteiger partial charge on any atom is 0.332 e. The number of benzene rings is 1. The number of carboxylic acids is 1. The third-order valence-corrected chi connectivity index (χ3v) is 5.28. The number of aliphatic carboxylic acids is 1. The summed E-state index contributed by atoms with van der Waals surface area (Å²) in [5, 5.41) is 10.5. The smallest absolute Gasteiger partial charge is 0.332 e. The molecule has 0 saturated heterocycles. The van der Waals surface area contributed by atoms with Gasteiger partial charge in [0, 0.05) is 24.9 Å². The molecular formula is C18H17N4O5S-. The minimum Gasteiger partial charge on any atom is -0.549 e. The highest BCUT2D eigenvalue weighted by atomic mass is 32.2. The molecule has 3 aromatic rings. The van der Waals surface area contributed by atoms with Gasteiger partial charge in [-0.3, -0.25) is 13.9 Å². The van der Waals surface area contributed by atoms with Crippen LogP contribution in [-0.2, 0) is 18.9 Å². The molecule has 0 aliphatic heterocycles. The molecule has 9 nitrogen and oxygen atoms in total. The number of aromatic nitrogens is 4. The van der Waals surface area contributed by atoms with Gasteiger partial charge in [0.05, 0.1) is 13.1 Å². The van der Waals surface area contributed by atoms with Crippen molar-refractivity contribution in [1.82, 2.24) is 19.1 Å². The fourth-order valence-electron chi connectivity index (χ4n) is 2.62. The van der Waals surface area contributed by atoms with Gasteiger partial charge in [0.2, 0.25) is 0 Å². The molecule has 0 saturated carbocycles. The minimum absolute atomic E-state index is 0.0781. The average molecular weight is 401 g/mol. The lowest BCUT2D eigenvalue weighted by Crippen LogP contribution is -2.38. The van der Waals surface area contributed by atoms with Crippen LogP contribution in [0, 0.1) is 0 Å². The van der Waals surface area contributed by atoms with Gasteiger partial charge in [0.1, 0.15) is 16.2 Å². The van der Waals surface area contributed by atoms with Crippen molar-refractivity contribution in [3.8, 4) is 17.1 Å². The van der Waals surface area contributed by atoms with Crippen LogP contribution >= 0.6 is 11.8 Å². The van der Waals surface area contributed by atoms with Crippen LogP contribution in [0.25, 0.3) is 22.4 Å². The lowest BCUT2D eigenvalue weighted by atomic mass is 10.2. The molecule has 0 aliphatic rings. The molecule has 0 amide bonds. The van der Waals surface area contributed by atoms with E-state index in [0.29, 0.717) is 11.3 Å². The topological polar surface area (TPSA) is 119 Å². The van der Waals surface area contributed by atoms with Crippen LogP contribution in [0.15, 0.2) is 38.9 Å². The van der Waals surface area contributed by atoms with Crippen molar-refractivity contribution in [1.29, 1.82) is 0 Å². The first-order chi connectivity index (χ1) is 13.2. The number of ether oxygens (including phenoxy) is 1. The fourth-order valence-corrected chi connectivity index (χ4v) is 3.49.